The average molecular weight is 208 g/mol. The third-order valence-electron chi connectivity index (χ3n) is 1.82. The Labute approximate surface area is 86.8 Å². The molecular formula is C9H8N2O2S. The van der Waals surface area contributed by atoms with Gasteiger partial charge in [0.1, 0.15) is 12.9 Å². The van der Waals surface area contributed by atoms with Crippen molar-refractivity contribution in [2.24, 2.45) is 9.55 Å². The second-order valence-corrected chi connectivity index (χ2v) is 2.83. The van der Waals surface area contributed by atoms with Gasteiger partial charge in [0.2, 0.25) is 0 Å². The van der Waals surface area contributed by atoms with E-state index in [2.05, 4.69) is 22.4 Å². The van der Waals surface area contributed by atoms with E-state index in [1.165, 1.54) is 7.11 Å². The first kappa shape index (κ1) is 9.08. The second kappa shape index (κ2) is 3.71. The fraction of sp³-hybridized carbons (Fsp3) is 0.111. The lowest BCUT2D eigenvalue weighted by atomic mass is 10.1. The molecule has 72 valence electrons. The van der Waals surface area contributed by atoms with Crippen molar-refractivity contribution in [3.63, 3.8) is 0 Å². The first-order chi connectivity index (χ1) is 6.86. The van der Waals surface area contributed by atoms with Crippen molar-refractivity contribution >= 4 is 24.4 Å². The predicted molar refractivity (Wildman–Crippen MR) is 57.0 cm³/mol. The third-order valence-corrected chi connectivity index (χ3v) is 2.01. The van der Waals surface area contributed by atoms with Crippen molar-refractivity contribution in [2.45, 2.75) is 0 Å². The zero-order valence-corrected chi connectivity index (χ0v) is 8.36. The van der Waals surface area contributed by atoms with E-state index >= 15 is 0 Å². The van der Waals surface area contributed by atoms with Crippen LogP contribution in [0.3, 0.4) is 0 Å². The normalized spacial score (nSPS) is 19.6. The van der Waals surface area contributed by atoms with E-state index in [4.69, 9.17) is 9.57 Å². The van der Waals surface area contributed by atoms with Crippen molar-refractivity contribution in [3.05, 3.63) is 29.8 Å². The third kappa shape index (κ3) is 1.35. The van der Waals surface area contributed by atoms with E-state index in [1.807, 2.05) is 24.3 Å². The predicted octanol–water partition coefficient (Wildman–Crippen LogP) is 1.67. The first-order valence-corrected chi connectivity index (χ1v) is 4.37. The number of ether oxygens (including phenoxy) is 1. The van der Waals surface area contributed by atoms with Gasteiger partial charge in [-0.1, -0.05) is 17.3 Å². The van der Waals surface area contributed by atoms with Crippen LogP contribution in [0.2, 0.25) is 0 Å². The van der Waals surface area contributed by atoms with Gasteiger partial charge >= 0.3 is 0 Å². The van der Waals surface area contributed by atoms with Crippen LogP contribution >= 0.6 is 12.8 Å². The molecule has 0 saturated carbocycles. The van der Waals surface area contributed by atoms with Gasteiger partial charge < -0.3 is 9.57 Å². The Bertz CT molecular complexity index is 415. The highest BCUT2D eigenvalue weighted by Crippen LogP contribution is 2.26. The molecule has 0 N–H and O–H groups in total. The lowest BCUT2D eigenvalue weighted by Gasteiger charge is -1.94. The highest BCUT2D eigenvalue weighted by Gasteiger charge is 2.26. The second-order valence-electron chi connectivity index (χ2n) is 2.63. The fourth-order valence-corrected chi connectivity index (χ4v) is 1.40. The molecule has 0 spiro atoms. The quantitative estimate of drug-likeness (QED) is 0.563. The minimum Gasteiger partial charge on any atom is -0.436 e. The molecule has 1 aromatic carbocycles. The zero-order chi connectivity index (χ0) is 9.97. The Morgan fingerprint density at radius 2 is 2.14 bits per heavy atom. The van der Waals surface area contributed by atoms with Crippen LogP contribution in [0.25, 0.3) is 0 Å². The largest absolute Gasteiger partial charge is 0.436 e. The highest BCUT2D eigenvalue weighted by atomic mass is 32.1. The van der Waals surface area contributed by atoms with E-state index in [9.17, 15) is 0 Å². The van der Waals surface area contributed by atoms with Crippen LogP contribution in [-0.2, 0) is 4.84 Å². The van der Waals surface area contributed by atoms with Gasteiger partial charge in [0.15, 0.2) is 5.71 Å². The summed E-state index contributed by atoms with van der Waals surface area (Å²) in [6.07, 6.45) is 0. The number of oxime groups is 1. The maximum atomic E-state index is 5.38. The standard InChI is InChI=1S/C9H8N2O2S/c1-12-10-8-6-4-2-3-5-7(6)13-9(8)11-14/h2-5,14H,1H3/b10-8-,11-9-. The molecule has 1 aliphatic rings. The van der Waals surface area contributed by atoms with Gasteiger partial charge in [-0.15, -0.1) is 0 Å². The van der Waals surface area contributed by atoms with Gasteiger partial charge in [0, 0.05) is 0 Å². The van der Waals surface area contributed by atoms with Gasteiger partial charge in [0.25, 0.3) is 5.90 Å². The molecule has 0 atom stereocenters. The smallest absolute Gasteiger partial charge is 0.256 e. The topological polar surface area (TPSA) is 43.2 Å². The monoisotopic (exact) mass is 208 g/mol. The van der Waals surface area contributed by atoms with Crippen LogP contribution in [0.5, 0.6) is 5.75 Å². The Morgan fingerprint density at radius 3 is 2.86 bits per heavy atom. The van der Waals surface area contributed by atoms with Crippen molar-refractivity contribution in [1.82, 2.24) is 0 Å². The van der Waals surface area contributed by atoms with Crippen LogP contribution in [0.1, 0.15) is 5.56 Å². The molecule has 5 heteroatoms. The van der Waals surface area contributed by atoms with Crippen LogP contribution in [-0.4, -0.2) is 18.7 Å². The van der Waals surface area contributed by atoms with E-state index in [1.54, 1.807) is 0 Å². The van der Waals surface area contributed by atoms with E-state index in [0.717, 1.165) is 11.3 Å². The van der Waals surface area contributed by atoms with Crippen molar-refractivity contribution < 1.29 is 9.57 Å². The minimum atomic E-state index is 0.358. The number of fused-ring (bicyclic) bond motifs is 1. The number of hydrogen-bond donors (Lipinski definition) is 1. The number of benzene rings is 1. The maximum absolute atomic E-state index is 5.38. The fourth-order valence-electron chi connectivity index (χ4n) is 1.27. The van der Waals surface area contributed by atoms with Gasteiger partial charge in [-0.3, -0.25) is 0 Å². The molecule has 1 aromatic rings. The lowest BCUT2D eigenvalue weighted by Crippen LogP contribution is -2.12. The number of hydrogen-bond acceptors (Lipinski definition) is 5. The van der Waals surface area contributed by atoms with E-state index < -0.39 is 0 Å². The minimum absolute atomic E-state index is 0.358. The van der Waals surface area contributed by atoms with Crippen LogP contribution in [0.4, 0.5) is 0 Å². The zero-order valence-electron chi connectivity index (χ0n) is 7.47. The Kier molecular flexibility index (Phi) is 2.41. The van der Waals surface area contributed by atoms with Crippen LogP contribution in [0, 0.1) is 0 Å². The summed E-state index contributed by atoms with van der Waals surface area (Å²) in [4.78, 5) is 4.71. The summed E-state index contributed by atoms with van der Waals surface area (Å²) in [5, 5.41) is 3.83. The molecule has 14 heavy (non-hydrogen) atoms. The van der Waals surface area contributed by atoms with Gasteiger partial charge in [-0.05, 0) is 24.9 Å². The summed E-state index contributed by atoms with van der Waals surface area (Å²) in [5.41, 5.74) is 1.43. The Morgan fingerprint density at radius 1 is 1.36 bits per heavy atom. The molecule has 0 aliphatic carbocycles. The van der Waals surface area contributed by atoms with Gasteiger partial charge in [-0.2, -0.15) is 4.40 Å². The molecule has 0 aromatic heterocycles. The van der Waals surface area contributed by atoms with Gasteiger partial charge in [-0.25, -0.2) is 0 Å². The van der Waals surface area contributed by atoms with Crippen molar-refractivity contribution in [2.75, 3.05) is 7.11 Å². The summed E-state index contributed by atoms with van der Waals surface area (Å²) < 4.78 is 9.06. The SMILES string of the molecule is CO/N=C1\C(=N\S)Oc2ccccc21. The molecule has 0 amide bonds. The molecule has 0 saturated heterocycles. The van der Waals surface area contributed by atoms with Gasteiger partial charge in [0.05, 0.1) is 5.56 Å². The number of nitrogens with zero attached hydrogens (tertiary/aromatic N) is 2. The number of rotatable bonds is 1. The molecule has 0 fully saturated rings. The molecule has 4 nitrogen and oxygen atoms in total. The molecule has 1 heterocycles. The van der Waals surface area contributed by atoms with Crippen molar-refractivity contribution in [1.29, 1.82) is 0 Å². The summed E-state index contributed by atoms with van der Waals surface area (Å²) in [6.45, 7) is 0. The molecule has 0 radical (unpaired) electrons. The molecular weight excluding hydrogens is 200 g/mol. The summed E-state index contributed by atoms with van der Waals surface area (Å²) in [6, 6.07) is 7.51. The molecule has 0 unspecified atom stereocenters. The van der Waals surface area contributed by atoms with E-state index in [-0.39, 0.29) is 0 Å². The summed E-state index contributed by atoms with van der Waals surface area (Å²) in [7, 11) is 1.48. The number of para-hydroxylation sites is 1. The maximum Gasteiger partial charge on any atom is 0.256 e. The summed E-state index contributed by atoms with van der Waals surface area (Å²) >= 11 is 3.80. The molecule has 1 aliphatic heterocycles. The molecule has 0 bridgehead atoms. The first-order valence-electron chi connectivity index (χ1n) is 3.97. The summed E-state index contributed by atoms with van der Waals surface area (Å²) in [5.74, 6) is 1.08. The van der Waals surface area contributed by atoms with E-state index in [0.29, 0.717) is 11.6 Å². The average Bonchev–Trinajstić information content (AvgIpc) is 2.58. The lowest BCUT2D eigenvalue weighted by molar-refractivity contribution is 0.214. The van der Waals surface area contributed by atoms with Crippen LogP contribution < -0.4 is 4.74 Å². The van der Waals surface area contributed by atoms with Crippen molar-refractivity contribution in [3.8, 4) is 5.75 Å². The molecule has 2 rings (SSSR count). The Hall–Kier alpha value is -1.49. The number of thiol groups is 1. The highest BCUT2D eigenvalue weighted by molar-refractivity contribution is 7.79. The van der Waals surface area contributed by atoms with Crippen LogP contribution in [0.15, 0.2) is 33.8 Å². The Balaban J connectivity index is 2.53.